The van der Waals surface area contributed by atoms with Gasteiger partial charge in [0, 0.05) is 25.4 Å². The third-order valence-corrected chi connectivity index (χ3v) is 5.30. The van der Waals surface area contributed by atoms with Crippen molar-refractivity contribution in [2.24, 2.45) is 5.92 Å². The number of likely N-dealkylation sites (tertiary alicyclic amines) is 1. The number of nitriles is 1. The number of nitrogens with zero attached hydrogens (tertiary/aromatic N) is 3. The second-order valence-corrected chi connectivity index (χ2v) is 7.31. The van der Waals surface area contributed by atoms with E-state index in [0.29, 0.717) is 31.4 Å². The largest absolute Gasteiger partial charge is 0.493 e. The maximum atomic E-state index is 13.5. The van der Waals surface area contributed by atoms with E-state index in [1.165, 1.54) is 23.5 Å². The molecule has 6 nitrogen and oxygen atoms in total. The standard InChI is InChI=1S/C19H20FN3O3S/c20-18-9-16(2-1-15(18)10-21)25-8-5-14-3-6-23(7-4-14)19(24)26-12-17-11-22-13-27-17/h1-2,9,11,13-14H,3-8,12H2. The predicted octanol–water partition coefficient (Wildman–Crippen LogP) is 3.97. The fraction of sp³-hybridized carbons (Fsp3) is 0.421. The first-order valence-corrected chi connectivity index (χ1v) is 9.65. The van der Waals surface area contributed by atoms with Crippen LogP contribution in [0.4, 0.5) is 9.18 Å². The molecule has 1 fully saturated rings. The summed E-state index contributed by atoms with van der Waals surface area (Å²) in [5.41, 5.74) is 1.72. The van der Waals surface area contributed by atoms with Gasteiger partial charge in [-0.25, -0.2) is 9.18 Å². The van der Waals surface area contributed by atoms with Gasteiger partial charge in [-0.3, -0.25) is 4.98 Å². The molecule has 0 spiro atoms. The molecule has 1 aromatic carbocycles. The van der Waals surface area contributed by atoms with Crippen molar-refractivity contribution >= 4 is 17.4 Å². The first-order chi connectivity index (χ1) is 13.2. The monoisotopic (exact) mass is 389 g/mol. The van der Waals surface area contributed by atoms with E-state index < -0.39 is 5.82 Å². The Balaban J connectivity index is 1.35. The van der Waals surface area contributed by atoms with Gasteiger partial charge >= 0.3 is 6.09 Å². The van der Waals surface area contributed by atoms with Crippen molar-refractivity contribution in [3.05, 3.63) is 46.2 Å². The molecule has 8 heteroatoms. The SMILES string of the molecule is N#Cc1ccc(OCCC2CCN(C(=O)OCc3cncs3)CC2)cc1F. The average molecular weight is 389 g/mol. The quantitative estimate of drug-likeness (QED) is 0.747. The van der Waals surface area contributed by atoms with Crippen molar-refractivity contribution in [2.45, 2.75) is 25.9 Å². The van der Waals surface area contributed by atoms with Gasteiger partial charge in [0.15, 0.2) is 0 Å². The van der Waals surface area contributed by atoms with Crippen molar-refractivity contribution < 1.29 is 18.7 Å². The highest BCUT2D eigenvalue weighted by Gasteiger charge is 2.23. The van der Waals surface area contributed by atoms with E-state index in [9.17, 15) is 9.18 Å². The summed E-state index contributed by atoms with van der Waals surface area (Å²) in [6.07, 6.45) is 4.03. The molecular weight excluding hydrogens is 369 g/mol. The van der Waals surface area contributed by atoms with Crippen molar-refractivity contribution in [3.63, 3.8) is 0 Å². The number of amides is 1. The lowest BCUT2D eigenvalue weighted by Crippen LogP contribution is -2.39. The van der Waals surface area contributed by atoms with Gasteiger partial charge in [-0.05, 0) is 37.3 Å². The van der Waals surface area contributed by atoms with E-state index in [4.69, 9.17) is 14.7 Å². The van der Waals surface area contributed by atoms with Crippen LogP contribution < -0.4 is 4.74 Å². The molecule has 2 aromatic rings. The zero-order valence-electron chi connectivity index (χ0n) is 14.8. The molecule has 1 amide bonds. The molecule has 1 aromatic heterocycles. The molecule has 0 radical (unpaired) electrons. The van der Waals surface area contributed by atoms with Crippen molar-refractivity contribution in [3.8, 4) is 11.8 Å². The molecule has 142 valence electrons. The first-order valence-electron chi connectivity index (χ1n) is 8.77. The number of thiazole rings is 1. The van der Waals surface area contributed by atoms with Crippen LogP contribution >= 0.6 is 11.3 Å². The zero-order valence-corrected chi connectivity index (χ0v) is 15.6. The van der Waals surface area contributed by atoms with Gasteiger partial charge in [-0.1, -0.05) is 0 Å². The van der Waals surface area contributed by atoms with Crippen LogP contribution in [0.1, 0.15) is 29.7 Å². The van der Waals surface area contributed by atoms with Crippen molar-refractivity contribution in [1.82, 2.24) is 9.88 Å². The highest BCUT2D eigenvalue weighted by Crippen LogP contribution is 2.23. The van der Waals surface area contributed by atoms with Gasteiger partial charge < -0.3 is 14.4 Å². The molecule has 0 N–H and O–H groups in total. The number of piperidine rings is 1. The number of ether oxygens (including phenoxy) is 2. The van der Waals surface area contributed by atoms with Crippen LogP contribution in [0.3, 0.4) is 0 Å². The molecule has 2 heterocycles. The summed E-state index contributed by atoms with van der Waals surface area (Å²) in [5, 5.41) is 8.73. The Morgan fingerprint density at radius 3 is 2.89 bits per heavy atom. The molecule has 0 bridgehead atoms. The van der Waals surface area contributed by atoms with Gasteiger partial charge in [0.25, 0.3) is 0 Å². The maximum absolute atomic E-state index is 13.5. The van der Waals surface area contributed by atoms with E-state index in [0.717, 1.165) is 24.1 Å². The number of rotatable bonds is 6. The summed E-state index contributed by atoms with van der Waals surface area (Å²) in [6.45, 7) is 2.07. The summed E-state index contributed by atoms with van der Waals surface area (Å²) in [7, 11) is 0. The minimum absolute atomic E-state index is 0.0111. The second kappa shape index (κ2) is 9.33. The third-order valence-electron chi connectivity index (χ3n) is 4.55. The van der Waals surface area contributed by atoms with Crippen LogP contribution in [0.25, 0.3) is 0 Å². The summed E-state index contributed by atoms with van der Waals surface area (Å²) in [6, 6.07) is 6.04. The minimum Gasteiger partial charge on any atom is -0.493 e. The lowest BCUT2D eigenvalue weighted by Gasteiger charge is -2.31. The molecular formula is C19H20FN3O3S. The molecule has 3 rings (SSSR count). The average Bonchev–Trinajstić information content (AvgIpc) is 3.20. The Labute approximate surface area is 161 Å². The van der Waals surface area contributed by atoms with E-state index in [2.05, 4.69) is 4.98 Å². The highest BCUT2D eigenvalue weighted by molar-refractivity contribution is 7.09. The minimum atomic E-state index is -0.569. The molecule has 1 aliphatic heterocycles. The lowest BCUT2D eigenvalue weighted by molar-refractivity contribution is 0.0807. The maximum Gasteiger partial charge on any atom is 0.410 e. The van der Waals surface area contributed by atoms with Crippen LogP contribution in [-0.2, 0) is 11.3 Å². The van der Waals surface area contributed by atoms with Crippen LogP contribution in [0.5, 0.6) is 5.75 Å². The summed E-state index contributed by atoms with van der Waals surface area (Å²) < 4.78 is 24.4. The summed E-state index contributed by atoms with van der Waals surface area (Å²) >= 11 is 1.46. The Bertz CT molecular complexity index is 799. The Kier molecular flexibility index (Phi) is 6.60. The molecule has 0 saturated carbocycles. The van der Waals surface area contributed by atoms with Crippen molar-refractivity contribution in [1.29, 1.82) is 5.26 Å². The number of carbonyl (C=O) groups excluding carboxylic acids is 1. The predicted molar refractivity (Wildman–Crippen MR) is 97.8 cm³/mol. The van der Waals surface area contributed by atoms with E-state index in [1.54, 1.807) is 28.7 Å². The first kappa shape index (κ1) is 19.1. The number of benzene rings is 1. The fourth-order valence-electron chi connectivity index (χ4n) is 2.96. The Morgan fingerprint density at radius 1 is 1.41 bits per heavy atom. The number of hydrogen-bond donors (Lipinski definition) is 0. The third kappa shape index (κ3) is 5.41. The van der Waals surface area contributed by atoms with Gasteiger partial charge in [-0.15, -0.1) is 11.3 Å². The molecule has 27 heavy (non-hydrogen) atoms. The molecule has 0 unspecified atom stereocenters. The number of carbonyl (C=O) groups is 1. The molecule has 0 aliphatic carbocycles. The van der Waals surface area contributed by atoms with E-state index in [-0.39, 0.29) is 18.3 Å². The van der Waals surface area contributed by atoms with Gasteiger partial charge in [0.2, 0.25) is 0 Å². The number of aromatic nitrogens is 1. The fourth-order valence-corrected chi connectivity index (χ4v) is 3.47. The van der Waals surface area contributed by atoms with Crippen LogP contribution in [0, 0.1) is 23.1 Å². The zero-order chi connectivity index (χ0) is 19.1. The Morgan fingerprint density at radius 2 is 2.22 bits per heavy atom. The van der Waals surface area contributed by atoms with Gasteiger partial charge in [-0.2, -0.15) is 5.26 Å². The van der Waals surface area contributed by atoms with Gasteiger partial charge in [0.05, 0.1) is 22.6 Å². The van der Waals surface area contributed by atoms with Crippen molar-refractivity contribution in [2.75, 3.05) is 19.7 Å². The normalized spacial score (nSPS) is 14.6. The lowest BCUT2D eigenvalue weighted by atomic mass is 9.94. The number of hydrogen-bond acceptors (Lipinski definition) is 6. The molecule has 1 aliphatic rings. The van der Waals surface area contributed by atoms with Crippen LogP contribution in [0.2, 0.25) is 0 Å². The van der Waals surface area contributed by atoms with Gasteiger partial charge in [0.1, 0.15) is 24.2 Å². The molecule has 1 saturated heterocycles. The van der Waals surface area contributed by atoms with Crippen LogP contribution in [0.15, 0.2) is 29.9 Å². The summed E-state index contributed by atoms with van der Waals surface area (Å²) in [4.78, 5) is 18.7. The highest BCUT2D eigenvalue weighted by atomic mass is 32.1. The van der Waals surface area contributed by atoms with E-state index >= 15 is 0 Å². The Hall–Kier alpha value is -2.66. The summed E-state index contributed by atoms with van der Waals surface area (Å²) in [5.74, 6) is 0.314. The number of halogens is 1. The van der Waals surface area contributed by atoms with Crippen LogP contribution in [-0.4, -0.2) is 35.7 Å². The second-order valence-electron chi connectivity index (χ2n) is 6.34. The molecule has 0 atom stereocenters. The van der Waals surface area contributed by atoms with E-state index in [1.807, 2.05) is 0 Å². The topological polar surface area (TPSA) is 75.5 Å². The smallest absolute Gasteiger partial charge is 0.410 e.